The molecule has 2 aromatic heterocycles. The molecule has 6 nitrogen and oxygen atoms in total. The highest BCUT2D eigenvalue weighted by Gasteiger charge is 2.34. The van der Waals surface area contributed by atoms with Crippen molar-refractivity contribution in [1.82, 2.24) is 14.6 Å². The van der Waals surface area contributed by atoms with Crippen molar-refractivity contribution in [3.05, 3.63) is 24.2 Å². The molecular weight excluding hydrogens is 289 g/mol. The smallest absolute Gasteiger partial charge is 0.435 e. The molecule has 21 heavy (non-hydrogen) atoms. The number of rotatable bonds is 5. The summed E-state index contributed by atoms with van der Waals surface area (Å²) < 4.78 is 38.9. The number of hydrogen-bond donors (Lipinski definition) is 2. The lowest BCUT2D eigenvalue weighted by atomic mass is 10.1. The minimum Gasteiger partial charge on any atom is -0.481 e. The van der Waals surface area contributed by atoms with Gasteiger partial charge in [-0.3, -0.25) is 4.79 Å². The highest BCUT2D eigenvalue weighted by atomic mass is 19.4. The van der Waals surface area contributed by atoms with Crippen LogP contribution in [0.3, 0.4) is 0 Å². The fraction of sp³-hybridized carbons (Fsp3) is 0.417. The standard InChI is InChI=1S/C12H13F3N4O2/c1-7(11(20)21)2-3-16-10-8-6-9(12(13,14)15)18-19(8)5-4-17-10/h4-7H,2-3H2,1H3,(H,16,17)(H,20,21). The Kier molecular flexibility index (Phi) is 4.01. The van der Waals surface area contributed by atoms with E-state index in [1.807, 2.05) is 0 Å². The molecule has 9 heteroatoms. The fourth-order valence-corrected chi connectivity index (χ4v) is 1.73. The van der Waals surface area contributed by atoms with Crippen LogP contribution in [-0.4, -0.2) is 32.2 Å². The van der Waals surface area contributed by atoms with E-state index in [0.29, 0.717) is 6.42 Å². The van der Waals surface area contributed by atoms with Crippen LogP contribution < -0.4 is 5.32 Å². The maximum absolute atomic E-state index is 12.6. The summed E-state index contributed by atoms with van der Waals surface area (Å²) in [6, 6.07) is 0.899. The molecule has 2 heterocycles. The van der Waals surface area contributed by atoms with Crippen LogP contribution in [0.1, 0.15) is 19.0 Å². The van der Waals surface area contributed by atoms with E-state index in [4.69, 9.17) is 5.11 Å². The quantitative estimate of drug-likeness (QED) is 0.885. The van der Waals surface area contributed by atoms with E-state index in [0.717, 1.165) is 10.6 Å². The van der Waals surface area contributed by atoms with Crippen molar-refractivity contribution in [3.63, 3.8) is 0 Å². The van der Waals surface area contributed by atoms with Crippen LogP contribution in [-0.2, 0) is 11.0 Å². The van der Waals surface area contributed by atoms with Gasteiger partial charge in [-0.15, -0.1) is 0 Å². The van der Waals surface area contributed by atoms with Crippen LogP contribution >= 0.6 is 0 Å². The number of aromatic nitrogens is 3. The predicted octanol–water partition coefficient (Wildman–Crippen LogP) is 2.27. The molecule has 0 aliphatic rings. The zero-order valence-corrected chi connectivity index (χ0v) is 11.1. The van der Waals surface area contributed by atoms with Gasteiger partial charge < -0.3 is 10.4 Å². The number of fused-ring (bicyclic) bond motifs is 1. The summed E-state index contributed by atoms with van der Waals surface area (Å²) in [6.07, 6.45) is -1.56. The van der Waals surface area contributed by atoms with Crippen molar-refractivity contribution < 1.29 is 23.1 Å². The van der Waals surface area contributed by atoms with Crippen molar-refractivity contribution in [2.24, 2.45) is 5.92 Å². The van der Waals surface area contributed by atoms with Crippen molar-refractivity contribution in [1.29, 1.82) is 0 Å². The van der Waals surface area contributed by atoms with E-state index in [-0.39, 0.29) is 17.9 Å². The first kappa shape index (κ1) is 15.1. The van der Waals surface area contributed by atoms with Gasteiger partial charge in [0.25, 0.3) is 0 Å². The molecule has 114 valence electrons. The average Bonchev–Trinajstić information content (AvgIpc) is 2.83. The molecular formula is C12H13F3N4O2. The van der Waals surface area contributed by atoms with Crippen molar-refractivity contribution in [3.8, 4) is 0 Å². The van der Waals surface area contributed by atoms with E-state index < -0.39 is 23.8 Å². The number of hydrogen-bond acceptors (Lipinski definition) is 4. The summed E-state index contributed by atoms with van der Waals surface area (Å²) in [4.78, 5) is 14.6. The lowest BCUT2D eigenvalue weighted by molar-refractivity contribution is -0.142. The maximum atomic E-state index is 12.6. The summed E-state index contributed by atoms with van der Waals surface area (Å²) >= 11 is 0. The first-order valence-corrected chi connectivity index (χ1v) is 6.17. The van der Waals surface area contributed by atoms with Gasteiger partial charge in [-0.2, -0.15) is 18.3 Å². The lowest BCUT2D eigenvalue weighted by Crippen LogP contribution is -2.15. The molecule has 0 saturated carbocycles. The summed E-state index contributed by atoms with van der Waals surface area (Å²) in [6.45, 7) is 1.84. The molecule has 0 amide bonds. The molecule has 0 aromatic carbocycles. The number of carbonyl (C=O) groups is 1. The zero-order valence-electron chi connectivity index (χ0n) is 11.1. The van der Waals surface area contributed by atoms with Crippen molar-refractivity contribution >= 4 is 17.3 Å². The first-order chi connectivity index (χ1) is 9.79. The van der Waals surface area contributed by atoms with Gasteiger partial charge in [0.1, 0.15) is 5.52 Å². The second kappa shape index (κ2) is 5.58. The third kappa shape index (κ3) is 3.41. The van der Waals surface area contributed by atoms with E-state index in [1.165, 1.54) is 12.4 Å². The number of alkyl halides is 3. The Labute approximate surface area is 117 Å². The molecule has 0 aliphatic heterocycles. The van der Waals surface area contributed by atoms with Crippen molar-refractivity contribution in [2.75, 3.05) is 11.9 Å². The number of nitrogens with one attached hydrogen (secondary N) is 1. The summed E-state index contributed by atoms with van der Waals surface area (Å²) in [5.74, 6) is -1.24. The normalized spacial score (nSPS) is 13.3. The van der Waals surface area contributed by atoms with Crippen LogP contribution in [0, 0.1) is 5.92 Å². The molecule has 0 bridgehead atoms. The molecule has 0 saturated heterocycles. The van der Waals surface area contributed by atoms with Crippen LogP contribution in [0.2, 0.25) is 0 Å². The second-order valence-electron chi connectivity index (χ2n) is 4.59. The van der Waals surface area contributed by atoms with Crippen molar-refractivity contribution in [2.45, 2.75) is 19.5 Å². The van der Waals surface area contributed by atoms with Gasteiger partial charge in [0, 0.05) is 25.0 Å². The highest BCUT2D eigenvalue weighted by Crippen LogP contribution is 2.30. The number of carboxylic acid groups (broad SMARTS) is 1. The number of nitrogens with zero attached hydrogens (tertiary/aromatic N) is 3. The third-order valence-corrected chi connectivity index (χ3v) is 2.97. The lowest BCUT2D eigenvalue weighted by Gasteiger charge is -2.08. The second-order valence-corrected chi connectivity index (χ2v) is 4.59. The summed E-state index contributed by atoms with van der Waals surface area (Å²) in [5, 5.41) is 15.0. The van der Waals surface area contributed by atoms with E-state index in [1.54, 1.807) is 6.92 Å². The number of aliphatic carboxylic acids is 1. The number of carboxylic acids is 1. The maximum Gasteiger partial charge on any atom is 0.435 e. The Morgan fingerprint density at radius 3 is 2.86 bits per heavy atom. The molecule has 1 unspecified atom stereocenters. The molecule has 0 fully saturated rings. The van der Waals surface area contributed by atoms with Crippen LogP contribution in [0.15, 0.2) is 18.5 Å². The van der Waals surface area contributed by atoms with E-state index in [2.05, 4.69) is 15.4 Å². The molecule has 2 rings (SSSR count). The molecule has 0 radical (unpaired) electrons. The average molecular weight is 302 g/mol. The van der Waals surface area contributed by atoms with Gasteiger partial charge >= 0.3 is 12.1 Å². The Morgan fingerprint density at radius 2 is 2.24 bits per heavy atom. The number of anilines is 1. The molecule has 0 aliphatic carbocycles. The molecule has 0 spiro atoms. The predicted molar refractivity (Wildman–Crippen MR) is 67.9 cm³/mol. The zero-order chi connectivity index (χ0) is 15.6. The highest BCUT2D eigenvalue weighted by molar-refractivity contribution is 5.70. The van der Waals surface area contributed by atoms with Gasteiger partial charge in [-0.25, -0.2) is 9.50 Å². The molecule has 2 N–H and O–H groups in total. The van der Waals surface area contributed by atoms with Gasteiger partial charge in [0.2, 0.25) is 0 Å². The van der Waals surface area contributed by atoms with Crippen LogP contribution in [0.25, 0.3) is 5.52 Å². The summed E-state index contributed by atoms with van der Waals surface area (Å²) in [5.41, 5.74) is -0.815. The van der Waals surface area contributed by atoms with Gasteiger partial charge in [-0.1, -0.05) is 6.92 Å². The topological polar surface area (TPSA) is 79.5 Å². The Bertz CT molecular complexity index is 653. The van der Waals surface area contributed by atoms with Crippen LogP contribution in [0.5, 0.6) is 0 Å². The Morgan fingerprint density at radius 1 is 1.52 bits per heavy atom. The SMILES string of the molecule is CC(CCNc1nccn2nc(C(F)(F)F)cc12)C(=O)O. The first-order valence-electron chi connectivity index (χ1n) is 6.17. The van der Waals surface area contributed by atoms with Gasteiger partial charge in [0.15, 0.2) is 11.5 Å². The third-order valence-electron chi connectivity index (χ3n) is 2.97. The minimum absolute atomic E-state index is 0.188. The molecule has 1 atom stereocenters. The Hall–Kier alpha value is -2.32. The van der Waals surface area contributed by atoms with E-state index >= 15 is 0 Å². The fourth-order valence-electron chi connectivity index (χ4n) is 1.73. The minimum atomic E-state index is -4.53. The summed E-state index contributed by atoms with van der Waals surface area (Å²) in [7, 11) is 0. The largest absolute Gasteiger partial charge is 0.481 e. The Balaban J connectivity index is 2.17. The monoisotopic (exact) mass is 302 g/mol. The number of halogens is 3. The molecule has 2 aromatic rings. The van der Waals surface area contributed by atoms with Gasteiger partial charge in [0.05, 0.1) is 5.92 Å². The van der Waals surface area contributed by atoms with Gasteiger partial charge in [-0.05, 0) is 6.42 Å². The van der Waals surface area contributed by atoms with Crippen LogP contribution in [0.4, 0.5) is 19.0 Å². The van der Waals surface area contributed by atoms with E-state index in [9.17, 15) is 18.0 Å².